The fourth-order valence-corrected chi connectivity index (χ4v) is 4.43. The molecule has 4 rings (SSSR count). The summed E-state index contributed by atoms with van der Waals surface area (Å²) in [6.45, 7) is 5.09. The van der Waals surface area contributed by atoms with Gasteiger partial charge in [-0.25, -0.2) is 4.39 Å². The van der Waals surface area contributed by atoms with E-state index in [1.54, 1.807) is 19.2 Å². The lowest BCUT2D eigenvalue weighted by molar-refractivity contribution is -0.118. The fourth-order valence-electron chi connectivity index (χ4n) is 3.64. The highest BCUT2D eigenvalue weighted by Gasteiger charge is 2.18. The van der Waals surface area contributed by atoms with Crippen LogP contribution >= 0.6 is 11.8 Å². The minimum Gasteiger partial charge on any atom is -0.497 e. The topological polar surface area (TPSA) is 81.5 Å². The number of halogens is 1. The molecule has 2 aromatic carbocycles. The number of methoxy groups -OCH3 is 1. The highest BCUT2D eigenvalue weighted by Crippen LogP contribution is 2.24. The zero-order valence-corrected chi connectivity index (χ0v) is 19.9. The summed E-state index contributed by atoms with van der Waals surface area (Å²) in [5.41, 5.74) is 1.75. The first-order valence-corrected chi connectivity index (χ1v) is 12.1. The van der Waals surface area contributed by atoms with Crippen LogP contribution in [0.5, 0.6) is 5.75 Å². The van der Waals surface area contributed by atoms with Gasteiger partial charge in [0, 0.05) is 38.3 Å². The molecule has 1 fully saturated rings. The summed E-state index contributed by atoms with van der Waals surface area (Å²) in [6, 6.07) is 13.8. The van der Waals surface area contributed by atoms with Crippen LogP contribution in [0.15, 0.2) is 53.7 Å². The first kappa shape index (κ1) is 24.2. The number of nitrogens with zero attached hydrogens (tertiary/aromatic N) is 4. The van der Waals surface area contributed by atoms with Gasteiger partial charge in [0.15, 0.2) is 11.0 Å². The molecule has 1 N–H and O–H groups in total. The summed E-state index contributed by atoms with van der Waals surface area (Å²) in [4.78, 5) is 14.8. The monoisotopic (exact) mass is 485 g/mol. The Bertz CT molecular complexity index is 1090. The second-order valence-electron chi connectivity index (χ2n) is 7.84. The van der Waals surface area contributed by atoms with Gasteiger partial charge >= 0.3 is 0 Å². The lowest BCUT2D eigenvalue weighted by atomic mass is 10.2. The van der Waals surface area contributed by atoms with Crippen LogP contribution in [0.1, 0.15) is 5.56 Å². The van der Waals surface area contributed by atoms with Crippen molar-refractivity contribution in [3.05, 3.63) is 59.9 Å². The lowest BCUT2D eigenvalue weighted by Gasteiger charge is -2.27. The van der Waals surface area contributed by atoms with Crippen molar-refractivity contribution < 1.29 is 18.7 Å². The van der Waals surface area contributed by atoms with Crippen LogP contribution in [-0.4, -0.2) is 71.3 Å². The van der Waals surface area contributed by atoms with Crippen LogP contribution in [0.4, 0.5) is 4.39 Å². The second kappa shape index (κ2) is 12.0. The molecule has 3 aromatic rings. The van der Waals surface area contributed by atoms with E-state index in [2.05, 4.69) is 20.4 Å². The van der Waals surface area contributed by atoms with Gasteiger partial charge in [-0.05, 0) is 42.0 Å². The molecule has 1 saturated heterocycles. The molecule has 10 heteroatoms. The fraction of sp³-hybridized carbons (Fsp3) is 0.375. The van der Waals surface area contributed by atoms with Crippen molar-refractivity contribution in [3.8, 4) is 17.1 Å². The van der Waals surface area contributed by atoms with E-state index >= 15 is 0 Å². The molecule has 2 heterocycles. The summed E-state index contributed by atoms with van der Waals surface area (Å²) in [6.07, 6.45) is 0. The average Bonchev–Trinajstić information content (AvgIpc) is 3.28. The van der Waals surface area contributed by atoms with Crippen LogP contribution in [-0.2, 0) is 22.6 Å². The van der Waals surface area contributed by atoms with Crippen LogP contribution in [0.3, 0.4) is 0 Å². The zero-order chi connectivity index (χ0) is 23.8. The number of benzene rings is 2. The molecule has 1 aliphatic rings. The summed E-state index contributed by atoms with van der Waals surface area (Å²) in [5.74, 6) is 1.22. The van der Waals surface area contributed by atoms with Gasteiger partial charge in [0.1, 0.15) is 11.6 Å². The predicted octanol–water partition coefficient (Wildman–Crippen LogP) is 2.83. The summed E-state index contributed by atoms with van der Waals surface area (Å²) in [5, 5.41) is 12.3. The van der Waals surface area contributed by atoms with Crippen molar-refractivity contribution >= 4 is 17.7 Å². The summed E-state index contributed by atoms with van der Waals surface area (Å²) < 4.78 is 26.1. The number of morpholine rings is 1. The Morgan fingerprint density at radius 3 is 2.71 bits per heavy atom. The number of rotatable bonds is 10. The van der Waals surface area contributed by atoms with Gasteiger partial charge in [-0.2, -0.15) is 0 Å². The Labute approximate surface area is 202 Å². The van der Waals surface area contributed by atoms with Gasteiger partial charge in [-0.15, -0.1) is 10.2 Å². The first-order valence-electron chi connectivity index (χ1n) is 11.1. The molecule has 8 nitrogen and oxygen atoms in total. The maximum Gasteiger partial charge on any atom is 0.230 e. The highest BCUT2D eigenvalue weighted by molar-refractivity contribution is 7.99. The quantitative estimate of drug-likeness (QED) is 0.442. The zero-order valence-electron chi connectivity index (χ0n) is 19.1. The maximum absolute atomic E-state index is 13.4. The number of hydrogen-bond acceptors (Lipinski definition) is 7. The highest BCUT2D eigenvalue weighted by atomic mass is 32.2. The van der Waals surface area contributed by atoms with Crippen molar-refractivity contribution in [2.24, 2.45) is 0 Å². The largest absolute Gasteiger partial charge is 0.497 e. The molecule has 0 bridgehead atoms. The molecule has 180 valence electrons. The second-order valence-corrected chi connectivity index (χ2v) is 8.78. The van der Waals surface area contributed by atoms with Crippen LogP contribution < -0.4 is 10.1 Å². The first-order chi connectivity index (χ1) is 16.6. The molecule has 0 radical (unpaired) electrons. The summed E-state index contributed by atoms with van der Waals surface area (Å²) in [7, 11) is 1.61. The van der Waals surface area contributed by atoms with E-state index in [0.29, 0.717) is 24.1 Å². The number of thioether (sulfide) groups is 1. The Morgan fingerprint density at radius 2 is 1.94 bits per heavy atom. The average molecular weight is 486 g/mol. The van der Waals surface area contributed by atoms with Crippen molar-refractivity contribution in [2.45, 2.75) is 18.2 Å². The number of ether oxygens (including phenoxy) is 2. The van der Waals surface area contributed by atoms with Crippen molar-refractivity contribution in [1.29, 1.82) is 0 Å². The lowest BCUT2D eigenvalue weighted by Crippen LogP contribution is -2.38. The molecule has 1 amide bonds. The Kier molecular flexibility index (Phi) is 8.51. The number of carbonyl (C=O) groups is 1. The Morgan fingerprint density at radius 1 is 1.15 bits per heavy atom. The number of nitrogens with one attached hydrogen (secondary N) is 1. The maximum atomic E-state index is 13.4. The number of hydrogen-bond donors (Lipinski definition) is 1. The third-order valence-electron chi connectivity index (χ3n) is 5.52. The third kappa shape index (κ3) is 6.55. The molecular formula is C24H28FN5O3S. The van der Waals surface area contributed by atoms with E-state index in [1.165, 1.54) is 23.9 Å². The van der Waals surface area contributed by atoms with E-state index in [0.717, 1.165) is 49.7 Å². The van der Waals surface area contributed by atoms with E-state index in [1.807, 2.05) is 28.8 Å². The van der Waals surface area contributed by atoms with Crippen LogP contribution in [0, 0.1) is 5.82 Å². The number of amides is 1. The number of carbonyl (C=O) groups excluding carboxylic acids is 1. The van der Waals surface area contributed by atoms with Gasteiger partial charge in [-0.3, -0.25) is 9.69 Å². The molecule has 0 atom stereocenters. The Hall–Kier alpha value is -2.95. The molecule has 34 heavy (non-hydrogen) atoms. The molecule has 0 saturated carbocycles. The predicted molar refractivity (Wildman–Crippen MR) is 128 cm³/mol. The third-order valence-corrected chi connectivity index (χ3v) is 6.49. The van der Waals surface area contributed by atoms with E-state index in [9.17, 15) is 9.18 Å². The molecule has 1 aliphatic heterocycles. The van der Waals surface area contributed by atoms with Gasteiger partial charge in [-0.1, -0.05) is 23.9 Å². The van der Waals surface area contributed by atoms with Gasteiger partial charge in [0.25, 0.3) is 0 Å². The normalized spacial score (nSPS) is 14.2. The van der Waals surface area contributed by atoms with Crippen LogP contribution in [0.2, 0.25) is 0 Å². The van der Waals surface area contributed by atoms with Crippen LogP contribution in [0.25, 0.3) is 11.4 Å². The molecular weight excluding hydrogens is 457 g/mol. The Balaban J connectivity index is 1.41. The van der Waals surface area contributed by atoms with E-state index < -0.39 is 0 Å². The van der Waals surface area contributed by atoms with Crippen molar-refractivity contribution in [3.63, 3.8) is 0 Å². The summed E-state index contributed by atoms with van der Waals surface area (Å²) >= 11 is 1.34. The minimum absolute atomic E-state index is 0.0983. The minimum atomic E-state index is -0.301. The SMILES string of the molecule is COc1cccc(CNC(=O)CSc2nnc(-c3ccc(F)cc3)n2CCN2CCOCC2)c1. The van der Waals surface area contributed by atoms with Gasteiger partial charge in [0.2, 0.25) is 5.91 Å². The van der Waals surface area contributed by atoms with Gasteiger partial charge in [0.05, 0.1) is 26.1 Å². The molecule has 0 aliphatic carbocycles. The van der Waals surface area contributed by atoms with Gasteiger partial charge < -0.3 is 19.4 Å². The molecule has 0 unspecified atom stereocenters. The van der Waals surface area contributed by atoms with E-state index in [-0.39, 0.29) is 17.5 Å². The van der Waals surface area contributed by atoms with Crippen molar-refractivity contribution in [1.82, 2.24) is 25.0 Å². The molecule has 0 spiro atoms. The smallest absolute Gasteiger partial charge is 0.230 e. The molecule has 1 aromatic heterocycles. The number of aromatic nitrogens is 3. The van der Waals surface area contributed by atoms with E-state index in [4.69, 9.17) is 9.47 Å². The van der Waals surface area contributed by atoms with Crippen molar-refractivity contribution in [2.75, 3.05) is 45.7 Å². The standard InChI is InChI=1S/C24H28FN5O3S/c1-32-21-4-2-3-18(15-21)16-26-22(31)17-34-24-28-27-23(19-5-7-20(25)8-6-19)30(24)10-9-29-11-13-33-14-12-29/h2-8,15H,9-14,16-17H2,1H3,(H,26,31).